The predicted molar refractivity (Wildman–Crippen MR) is 48.3 cm³/mol. The van der Waals surface area contributed by atoms with Crippen LogP contribution in [0.15, 0.2) is 18.2 Å². The Morgan fingerprint density at radius 1 is 1.14 bits per heavy atom. The van der Waals surface area contributed by atoms with Crippen molar-refractivity contribution in [2.75, 3.05) is 7.05 Å². The van der Waals surface area contributed by atoms with Crippen molar-refractivity contribution < 1.29 is 14.4 Å². The summed E-state index contributed by atoms with van der Waals surface area (Å²) in [5.41, 5.74) is 1.07. The van der Waals surface area contributed by atoms with Crippen LogP contribution < -0.4 is 0 Å². The number of benzene rings is 1. The van der Waals surface area contributed by atoms with Crippen LogP contribution in [0.3, 0.4) is 0 Å². The summed E-state index contributed by atoms with van der Waals surface area (Å²) in [7, 11) is 1.42. The fourth-order valence-corrected chi connectivity index (χ4v) is 1.45. The molecule has 4 heteroatoms. The largest absolute Gasteiger partial charge is 0.298 e. The van der Waals surface area contributed by atoms with Gasteiger partial charge in [-0.2, -0.15) is 0 Å². The number of carbonyl (C=O) groups is 3. The monoisotopic (exact) mass is 189 g/mol. The average Bonchev–Trinajstić information content (AvgIpc) is 2.44. The summed E-state index contributed by atoms with van der Waals surface area (Å²) < 4.78 is 0. The summed E-state index contributed by atoms with van der Waals surface area (Å²) in [6, 6.07) is 4.46. The van der Waals surface area contributed by atoms with Gasteiger partial charge in [-0.15, -0.1) is 0 Å². The molecule has 1 aromatic carbocycles. The number of amides is 2. The molecule has 0 fully saturated rings. The van der Waals surface area contributed by atoms with E-state index in [-0.39, 0.29) is 11.8 Å². The topological polar surface area (TPSA) is 54.5 Å². The lowest BCUT2D eigenvalue weighted by Gasteiger charge is -2.02. The van der Waals surface area contributed by atoms with Crippen molar-refractivity contribution in [2.45, 2.75) is 0 Å². The van der Waals surface area contributed by atoms with Crippen LogP contribution in [-0.4, -0.2) is 30.0 Å². The molecule has 0 N–H and O–H groups in total. The maximum Gasteiger partial charge on any atom is 0.261 e. The van der Waals surface area contributed by atoms with Gasteiger partial charge in [0, 0.05) is 12.6 Å². The van der Waals surface area contributed by atoms with Gasteiger partial charge >= 0.3 is 0 Å². The highest BCUT2D eigenvalue weighted by molar-refractivity contribution is 6.21. The van der Waals surface area contributed by atoms with Gasteiger partial charge in [-0.3, -0.25) is 19.3 Å². The molecular formula is C10H7NO3. The molecule has 0 aliphatic carbocycles. The second-order valence-corrected chi connectivity index (χ2v) is 3.09. The first kappa shape index (κ1) is 8.62. The molecule has 0 radical (unpaired) electrons. The van der Waals surface area contributed by atoms with Gasteiger partial charge in [0.15, 0.2) is 0 Å². The molecule has 70 valence electrons. The summed E-state index contributed by atoms with van der Waals surface area (Å²) in [6.07, 6.45) is 0.649. The van der Waals surface area contributed by atoms with Crippen LogP contribution in [0, 0.1) is 0 Å². The highest BCUT2D eigenvalue weighted by atomic mass is 16.2. The lowest BCUT2D eigenvalue weighted by atomic mass is 10.1. The van der Waals surface area contributed by atoms with Crippen LogP contribution in [0.4, 0.5) is 0 Å². The summed E-state index contributed by atoms with van der Waals surface area (Å²) in [5, 5.41) is 0. The fourth-order valence-electron chi connectivity index (χ4n) is 1.45. The Balaban J connectivity index is 2.64. The summed E-state index contributed by atoms with van der Waals surface area (Å²) in [4.78, 5) is 34.4. The molecule has 0 unspecified atom stereocenters. The van der Waals surface area contributed by atoms with Crippen molar-refractivity contribution in [1.29, 1.82) is 0 Å². The number of imide groups is 1. The second-order valence-electron chi connectivity index (χ2n) is 3.09. The summed E-state index contributed by atoms with van der Waals surface area (Å²) in [5.74, 6) is -0.670. The molecule has 2 amide bonds. The van der Waals surface area contributed by atoms with E-state index in [0.717, 1.165) is 4.90 Å². The van der Waals surface area contributed by atoms with E-state index in [9.17, 15) is 14.4 Å². The van der Waals surface area contributed by atoms with Gasteiger partial charge in [-0.1, -0.05) is 6.07 Å². The van der Waals surface area contributed by atoms with E-state index in [1.807, 2.05) is 0 Å². The Morgan fingerprint density at radius 3 is 2.43 bits per heavy atom. The smallest absolute Gasteiger partial charge is 0.261 e. The molecule has 0 aromatic heterocycles. The minimum atomic E-state index is -0.353. The van der Waals surface area contributed by atoms with Crippen molar-refractivity contribution in [2.24, 2.45) is 0 Å². The lowest BCUT2D eigenvalue weighted by Crippen LogP contribution is -2.24. The standard InChI is InChI=1S/C10H7NO3/c1-11-9(13)7-3-2-6(5-12)4-8(7)10(11)14/h2-5H,1H3. The molecule has 0 saturated carbocycles. The van der Waals surface area contributed by atoms with Crippen molar-refractivity contribution in [3.05, 3.63) is 34.9 Å². The number of hydrogen-bond donors (Lipinski definition) is 0. The first-order chi connectivity index (χ1) is 6.65. The third-order valence-electron chi connectivity index (χ3n) is 2.25. The van der Waals surface area contributed by atoms with Gasteiger partial charge in [0.25, 0.3) is 11.8 Å². The van der Waals surface area contributed by atoms with Crippen LogP contribution in [0.1, 0.15) is 31.1 Å². The molecule has 0 bridgehead atoms. The van der Waals surface area contributed by atoms with E-state index in [1.54, 1.807) is 0 Å². The molecule has 1 heterocycles. The predicted octanol–water partition coefficient (Wildman–Crippen LogP) is 0.725. The zero-order chi connectivity index (χ0) is 10.3. The Labute approximate surface area is 80.1 Å². The molecule has 0 saturated heterocycles. The molecule has 0 spiro atoms. The SMILES string of the molecule is CN1C(=O)c2ccc(C=O)cc2C1=O. The number of rotatable bonds is 1. The van der Waals surface area contributed by atoms with E-state index in [0.29, 0.717) is 23.0 Å². The van der Waals surface area contributed by atoms with Gasteiger partial charge in [0.2, 0.25) is 0 Å². The van der Waals surface area contributed by atoms with Crippen molar-refractivity contribution >= 4 is 18.1 Å². The Bertz CT molecular complexity index is 451. The van der Waals surface area contributed by atoms with Gasteiger partial charge in [0.1, 0.15) is 6.29 Å². The van der Waals surface area contributed by atoms with Crippen LogP contribution in [-0.2, 0) is 0 Å². The highest BCUT2D eigenvalue weighted by Gasteiger charge is 2.32. The molecule has 2 rings (SSSR count). The fraction of sp³-hybridized carbons (Fsp3) is 0.100. The second kappa shape index (κ2) is 2.77. The number of nitrogens with zero attached hydrogens (tertiary/aromatic N) is 1. The van der Waals surface area contributed by atoms with Gasteiger partial charge in [-0.05, 0) is 12.1 Å². The molecule has 4 nitrogen and oxygen atoms in total. The maximum absolute atomic E-state index is 11.5. The molecule has 0 atom stereocenters. The van der Waals surface area contributed by atoms with Crippen LogP contribution >= 0.6 is 0 Å². The van der Waals surface area contributed by atoms with Crippen LogP contribution in [0.2, 0.25) is 0 Å². The molecule has 1 aliphatic heterocycles. The number of fused-ring (bicyclic) bond motifs is 1. The average molecular weight is 189 g/mol. The quantitative estimate of drug-likeness (QED) is 0.483. The first-order valence-corrected chi connectivity index (χ1v) is 4.07. The number of carbonyl (C=O) groups excluding carboxylic acids is 3. The Kier molecular flexibility index (Phi) is 1.70. The minimum Gasteiger partial charge on any atom is -0.298 e. The molecule has 14 heavy (non-hydrogen) atoms. The highest BCUT2D eigenvalue weighted by Crippen LogP contribution is 2.21. The Morgan fingerprint density at radius 2 is 1.79 bits per heavy atom. The van der Waals surface area contributed by atoms with Gasteiger partial charge in [-0.25, -0.2) is 0 Å². The van der Waals surface area contributed by atoms with Crippen LogP contribution in [0.25, 0.3) is 0 Å². The Hall–Kier alpha value is -1.97. The normalized spacial score (nSPS) is 14.5. The molecule has 1 aromatic rings. The van der Waals surface area contributed by atoms with Crippen molar-refractivity contribution in [3.63, 3.8) is 0 Å². The molecule has 1 aliphatic rings. The van der Waals surface area contributed by atoms with Gasteiger partial charge in [0.05, 0.1) is 11.1 Å². The lowest BCUT2D eigenvalue weighted by molar-refractivity contribution is 0.0693. The summed E-state index contributed by atoms with van der Waals surface area (Å²) in [6.45, 7) is 0. The third kappa shape index (κ3) is 0.970. The van der Waals surface area contributed by atoms with E-state index >= 15 is 0 Å². The van der Waals surface area contributed by atoms with E-state index in [2.05, 4.69) is 0 Å². The zero-order valence-corrected chi connectivity index (χ0v) is 7.48. The van der Waals surface area contributed by atoms with E-state index in [1.165, 1.54) is 25.2 Å². The van der Waals surface area contributed by atoms with E-state index < -0.39 is 0 Å². The zero-order valence-electron chi connectivity index (χ0n) is 7.48. The van der Waals surface area contributed by atoms with Crippen molar-refractivity contribution in [3.8, 4) is 0 Å². The van der Waals surface area contributed by atoms with E-state index in [4.69, 9.17) is 0 Å². The van der Waals surface area contributed by atoms with Gasteiger partial charge < -0.3 is 0 Å². The minimum absolute atomic E-state index is 0.308. The third-order valence-corrected chi connectivity index (χ3v) is 2.25. The van der Waals surface area contributed by atoms with Crippen molar-refractivity contribution in [1.82, 2.24) is 4.90 Å². The number of hydrogen-bond acceptors (Lipinski definition) is 3. The van der Waals surface area contributed by atoms with Crippen LogP contribution in [0.5, 0.6) is 0 Å². The maximum atomic E-state index is 11.5. The first-order valence-electron chi connectivity index (χ1n) is 4.07. The number of aldehydes is 1. The molecular weight excluding hydrogens is 182 g/mol. The summed E-state index contributed by atoms with van der Waals surface area (Å²) >= 11 is 0.